The number of nitrogens with one attached hydrogen (secondary N) is 1. The lowest BCUT2D eigenvalue weighted by Gasteiger charge is -2.13. The lowest BCUT2D eigenvalue weighted by molar-refractivity contribution is 0.0698. The molecule has 4 rings (SSSR count). The number of hydrogen-bond acceptors (Lipinski definition) is 6. The summed E-state index contributed by atoms with van der Waals surface area (Å²) in [7, 11) is 3.37. The van der Waals surface area contributed by atoms with Crippen molar-refractivity contribution in [2.45, 2.75) is 0 Å². The number of carboxylic acid groups (broad SMARTS) is 1. The maximum atomic E-state index is 12.2. The first-order chi connectivity index (χ1) is 13.5. The van der Waals surface area contributed by atoms with Gasteiger partial charge < -0.3 is 15.3 Å². The Bertz CT molecular complexity index is 1230. The number of carbonyl (C=O) groups excluding carboxylic acids is 1. The zero-order valence-corrected chi connectivity index (χ0v) is 15.1. The number of aromatic carboxylic acids is 1. The van der Waals surface area contributed by atoms with Crippen LogP contribution in [0.4, 0.5) is 11.5 Å². The Morgan fingerprint density at radius 2 is 2.00 bits per heavy atom. The Balaban J connectivity index is 1.86. The van der Waals surface area contributed by atoms with Crippen LogP contribution in [0.15, 0.2) is 48.9 Å². The summed E-state index contributed by atoms with van der Waals surface area (Å²) >= 11 is 0. The van der Waals surface area contributed by atoms with Crippen LogP contribution in [0.2, 0.25) is 0 Å². The van der Waals surface area contributed by atoms with E-state index in [1.165, 1.54) is 15.6 Å². The first-order valence-electron chi connectivity index (χ1n) is 8.39. The van der Waals surface area contributed by atoms with Crippen LogP contribution in [0.3, 0.4) is 0 Å². The maximum absolute atomic E-state index is 12.2. The number of rotatable bonds is 4. The first kappa shape index (κ1) is 17.4. The van der Waals surface area contributed by atoms with Gasteiger partial charge in [0.1, 0.15) is 11.4 Å². The molecular formula is C19H16N6O3. The summed E-state index contributed by atoms with van der Waals surface area (Å²) in [5.74, 6) is -0.789. The summed E-state index contributed by atoms with van der Waals surface area (Å²) in [4.78, 5) is 33.8. The van der Waals surface area contributed by atoms with Crippen LogP contribution in [0.5, 0.6) is 0 Å². The molecule has 0 bridgehead atoms. The predicted molar refractivity (Wildman–Crippen MR) is 103 cm³/mol. The fraction of sp³-hybridized carbons (Fsp3) is 0.105. The Morgan fingerprint density at radius 1 is 1.18 bits per heavy atom. The summed E-state index contributed by atoms with van der Waals surface area (Å²) in [5, 5.41) is 17.4. The number of amides is 1. The number of carboxylic acids is 1. The van der Waals surface area contributed by atoms with Crippen LogP contribution in [-0.2, 0) is 0 Å². The fourth-order valence-electron chi connectivity index (χ4n) is 2.92. The predicted octanol–water partition coefficient (Wildman–Crippen LogP) is 2.42. The van der Waals surface area contributed by atoms with Crippen LogP contribution in [-0.4, -0.2) is 55.6 Å². The second kappa shape index (κ2) is 6.62. The van der Waals surface area contributed by atoms with Crippen LogP contribution >= 0.6 is 0 Å². The minimum absolute atomic E-state index is 0.00895. The van der Waals surface area contributed by atoms with Gasteiger partial charge in [-0.05, 0) is 24.3 Å². The number of anilines is 2. The zero-order chi connectivity index (χ0) is 19.8. The molecule has 140 valence electrons. The highest BCUT2D eigenvalue weighted by molar-refractivity contribution is 5.99. The van der Waals surface area contributed by atoms with Gasteiger partial charge >= 0.3 is 5.97 Å². The molecule has 0 saturated carbocycles. The SMILES string of the molecule is CN(C)C(=O)c1cccc(Nc2nc3c(C(=O)O)cnn3c3cnccc23)c1. The van der Waals surface area contributed by atoms with Gasteiger partial charge in [0.05, 0.1) is 17.9 Å². The number of fused-ring (bicyclic) bond motifs is 3. The van der Waals surface area contributed by atoms with Gasteiger partial charge in [0.2, 0.25) is 0 Å². The van der Waals surface area contributed by atoms with Crippen LogP contribution < -0.4 is 5.32 Å². The number of pyridine rings is 1. The molecule has 9 heteroatoms. The zero-order valence-electron chi connectivity index (χ0n) is 15.1. The number of nitrogens with zero attached hydrogens (tertiary/aromatic N) is 5. The first-order valence-corrected chi connectivity index (χ1v) is 8.39. The topological polar surface area (TPSA) is 113 Å². The fourth-order valence-corrected chi connectivity index (χ4v) is 2.92. The number of benzene rings is 1. The second-order valence-electron chi connectivity index (χ2n) is 6.36. The van der Waals surface area contributed by atoms with Crippen molar-refractivity contribution in [1.29, 1.82) is 0 Å². The quantitative estimate of drug-likeness (QED) is 0.562. The molecular weight excluding hydrogens is 360 g/mol. The van der Waals surface area contributed by atoms with Crippen molar-refractivity contribution >= 4 is 39.9 Å². The van der Waals surface area contributed by atoms with Crippen molar-refractivity contribution in [3.05, 3.63) is 60.0 Å². The molecule has 0 saturated heterocycles. The van der Waals surface area contributed by atoms with Crippen LogP contribution in [0.25, 0.3) is 16.6 Å². The van der Waals surface area contributed by atoms with Gasteiger partial charge in [0.25, 0.3) is 5.91 Å². The molecule has 4 aromatic rings. The molecule has 0 aliphatic heterocycles. The van der Waals surface area contributed by atoms with E-state index in [1.807, 2.05) is 0 Å². The Hall–Kier alpha value is -4.01. The molecule has 1 aromatic carbocycles. The molecule has 0 atom stereocenters. The lowest BCUT2D eigenvalue weighted by Crippen LogP contribution is -2.21. The largest absolute Gasteiger partial charge is 0.477 e. The molecule has 0 fully saturated rings. The highest BCUT2D eigenvalue weighted by Gasteiger charge is 2.17. The molecule has 3 heterocycles. The summed E-state index contributed by atoms with van der Waals surface area (Å²) in [5.41, 5.74) is 1.99. The average Bonchev–Trinajstić information content (AvgIpc) is 3.12. The van der Waals surface area contributed by atoms with Crippen molar-refractivity contribution in [1.82, 2.24) is 24.5 Å². The number of carbonyl (C=O) groups is 2. The van der Waals surface area contributed by atoms with E-state index < -0.39 is 5.97 Å². The molecule has 28 heavy (non-hydrogen) atoms. The van der Waals surface area contributed by atoms with E-state index in [2.05, 4.69) is 20.4 Å². The normalized spacial score (nSPS) is 10.9. The summed E-state index contributed by atoms with van der Waals surface area (Å²) < 4.78 is 1.45. The Morgan fingerprint density at radius 3 is 2.75 bits per heavy atom. The monoisotopic (exact) mass is 376 g/mol. The minimum Gasteiger partial charge on any atom is -0.477 e. The standard InChI is InChI=1S/C19H16N6O3/c1-24(2)18(26)11-4-3-5-12(8-11)22-16-13-6-7-20-10-15(13)25-17(23-16)14(9-21-25)19(27)28/h3-10H,1-2H3,(H,22,23)(H,27,28). The maximum Gasteiger partial charge on any atom is 0.341 e. The molecule has 2 N–H and O–H groups in total. The smallest absolute Gasteiger partial charge is 0.341 e. The van der Waals surface area contributed by atoms with E-state index in [0.29, 0.717) is 28.0 Å². The van der Waals surface area contributed by atoms with Gasteiger partial charge in [0, 0.05) is 36.9 Å². The minimum atomic E-state index is -1.12. The summed E-state index contributed by atoms with van der Waals surface area (Å²) in [6, 6.07) is 8.78. The van der Waals surface area contributed by atoms with Gasteiger partial charge in [-0.3, -0.25) is 9.78 Å². The Labute approximate surface area is 159 Å². The van der Waals surface area contributed by atoms with Gasteiger partial charge in [0.15, 0.2) is 5.65 Å². The molecule has 0 aliphatic rings. The van der Waals surface area contributed by atoms with Gasteiger partial charge in [-0.1, -0.05) is 6.07 Å². The molecule has 0 aliphatic carbocycles. The summed E-state index contributed by atoms with van der Waals surface area (Å²) in [6.45, 7) is 0. The average molecular weight is 376 g/mol. The van der Waals surface area contributed by atoms with Gasteiger partial charge in [-0.15, -0.1) is 0 Å². The summed E-state index contributed by atoms with van der Waals surface area (Å²) in [6.07, 6.45) is 4.48. The van der Waals surface area contributed by atoms with Crippen molar-refractivity contribution in [3.63, 3.8) is 0 Å². The van der Waals surface area contributed by atoms with E-state index in [-0.39, 0.29) is 17.1 Å². The van der Waals surface area contributed by atoms with E-state index in [1.54, 1.807) is 56.8 Å². The molecule has 1 amide bonds. The van der Waals surface area contributed by atoms with Crippen molar-refractivity contribution < 1.29 is 14.7 Å². The van der Waals surface area contributed by atoms with E-state index in [0.717, 1.165) is 0 Å². The van der Waals surface area contributed by atoms with E-state index >= 15 is 0 Å². The molecule has 9 nitrogen and oxygen atoms in total. The Kier molecular flexibility index (Phi) is 4.11. The van der Waals surface area contributed by atoms with E-state index in [9.17, 15) is 14.7 Å². The third-order valence-corrected chi connectivity index (χ3v) is 4.25. The van der Waals surface area contributed by atoms with E-state index in [4.69, 9.17) is 0 Å². The van der Waals surface area contributed by atoms with Gasteiger partial charge in [-0.25, -0.2) is 14.3 Å². The van der Waals surface area contributed by atoms with Crippen molar-refractivity contribution in [2.75, 3.05) is 19.4 Å². The third-order valence-electron chi connectivity index (χ3n) is 4.25. The van der Waals surface area contributed by atoms with Crippen LogP contribution in [0, 0.1) is 0 Å². The highest BCUT2D eigenvalue weighted by atomic mass is 16.4. The van der Waals surface area contributed by atoms with Gasteiger partial charge in [-0.2, -0.15) is 5.10 Å². The molecule has 3 aromatic heterocycles. The second-order valence-corrected chi connectivity index (χ2v) is 6.36. The molecule has 0 spiro atoms. The number of hydrogen-bond donors (Lipinski definition) is 2. The lowest BCUT2D eigenvalue weighted by atomic mass is 10.1. The highest BCUT2D eigenvalue weighted by Crippen LogP contribution is 2.27. The number of aromatic nitrogens is 4. The molecule has 0 unspecified atom stereocenters. The van der Waals surface area contributed by atoms with Crippen LogP contribution in [0.1, 0.15) is 20.7 Å². The third kappa shape index (κ3) is 2.88. The van der Waals surface area contributed by atoms with Crippen molar-refractivity contribution in [3.8, 4) is 0 Å². The van der Waals surface area contributed by atoms with Crippen molar-refractivity contribution in [2.24, 2.45) is 0 Å². The molecule has 0 radical (unpaired) electrons.